The molecule has 0 saturated carbocycles. The Morgan fingerprint density at radius 1 is 1.07 bits per heavy atom. The van der Waals surface area contributed by atoms with Gasteiger partial charge >= 0.3 is 96.3 Å². The number of rotatable bonds is 3. The van der Waals surface area contributed by atoms with Gasteiger partial charge in [-0.15, -0.1) is 0 Å². The zero-order valence-electron chi connectivity index (χ0n) is 8.33. The van der Waals surface area contributed by atoms with Crippen molar-refractivity contribution in [2.75, 3.05) is 0 Å². The van der Waals surface area contributed by atoms with Crippen LogP contribution < -0.4 is 9.24 Å². The van der Waals surface area contributed by atoms with Gasteiger partial charge in [0.1, 0.15) is 0 Å². The maximum atomic E-state index is 2.25. The fourth-order valence-corrected chi connectivity index (χ4v) is 10.3. The summed E-state index contributed by atoms with van der Waals surface area (Å²) in [5, 5.41) is 4.44. The van der Waals surface area contributed by atoms with Crippen LogP contribution in [0.1, 0.15) is 11.1 Å². The van der Waals surface area contributed by atoms with Crippen molar-refractivity contribution in [2.24, 2.45) is 0 Å². The molecule has 0 spiro atoms. The minimum atomic E-state index is -0.0318. The molecule has 0 aliphatic rings. The molecule has 1 atom stereocenters. The molecule has 2 aromatic rings. The zero-order valence-corrected chi connectivity index (χ0v) is 12.4. The van der Waals surface area contributed by atoms with E-state index in [1.165, 1.54) is 11.1 Å². The molecular formula is C10H14P2S2. The van der Waals surface area contributed by atoms with Crippen LogP contribution >= 0.6 is 39.2 Å². The van der Waals surface area contributed by atoms with Crippen LogP contribution in [0.4, 0.5) is 0 Å². The minimum absolute atomic E-state index is 0.0318. The topological polar surface area (TPSA) is 0 Å². The summed E-state index contributed by atoms with van der Waals surface area (Å²) in [6, 6.07) is 4.49. The molecule has 14 heavy (non-hydrogen) atoms. The fraction of sp³-hybridized carbons (Fsp3) is 0.200. The Balaban J connectivity index is 2.02. The predicted molar refractivity (Wildman–Crippen MR) is 76.8 cm³/mol. The zero-order chi connectivity index (χ0) is 9.97. The second-order valence-electron chi connectivity index (χ2n) is 3.31. The number of hydrogen-bond donors (Lipinski definition) is 0. The second-order valence-corrected chi connectivity index (χ2v) is 10.1. The summed E-state index contributed by atoms with van der Waals surface area (Å²) in [5.74, 6) is 0. The first-order valence-electron chi connectivity index (χ1n) is 4.58. The molecule has 76 valence electrons. The van der Waals surface area contributed by atoms with Crippen LogP contribution in [0.3, 0.4) is 0 Å². The van der Waals surface area contributed by atoms with Gasteiger partial charge in [0.25, 0.3) is 0 Å². The van der Waals surface area contributed by atoms with E-state index in [9.17, 15) is 0 Å². The molecule has 0 aromatic carbocycles. The second kappa shape index (κ2) is 4.86. The van der Waals surface area contributed by atoms with Crippen LogP contribution in [0.15, 0.2) is 22.9 Å². The molecule has 2 aromatic heterocycles. The summed E-state index contributed by atoms with van der Waals surface area (Å²) in [7, 11) is 1.05. The van der Waals surface area contributed by atoms with Gasteiger partial charge < -0.3 is 0 Å². The number of aryl methyl sites for hydroxylation is 2. The van der Waals surface area contributed by atoms with E-state index < -0.39 is 0 Å². The van der Waals surface area contributed by atoms with Gasteiger partial charge in [-0.25, -0.2) is 0 Å². The Hall–Kier alpha value is 0.260. The van der Waals surface area contributed by atoms with E-state index in [-0.39, 0.29) is 8.27 Å². The molecule has 0 amide bonds. The Bertz CT molecular complexity index is 377. The summed E-state index contributed by atoms with van der Waals surface area (Å²) < 4.78 is 3.32. The summed E-state index contributed by atoms with van der Waals surface area (Å²) in [5.41, 5.74) is 3.01. The van der Waals surface area contributed by atoms with Crippen LogP contribution in [-0.4, -0.2) is 0 Å². The number of thiophene rings is 2. The van der Waals surface area contributed by atoms with E-state index in [1.807, 2.05) is 22.7 Å². The molecule has 0 aliphatic heterocycles. The van der Waals surface area contributed by atoms with Gasteiger partial charge in [-0.2, -0.15) is 0 Å². The molecule has 0 N–H and O–H groups in total. The Morgan fingerprint density at radius 3 is 2.36 bits per heavy atom. The molecular weight excluding hydrogens is 246 g/mol. The van der Waals surface area contributed by atoms with E-state index in [4.69, 9.17) is 0 Å². The Kier molecular flexibility index (Phi) is 3.73. The maximum absolute atomic E-state index is 2.25. The van der Waals surface area contributed by atoms with Crippen molar-refractivity contribution in [1.29, 1.82) is 0 Å². The van der Waals surface area contributed by atoms with Crippen LogP contribution in [0.25, 0.3) is 0 Å². The van der Waals surface area contributed by atoms with Crippen molar-refractivity contribution in [3.8, 4) is 0 Å². The summed E-state index contributed by atoms with van der Waals surface area (Å²) >= 11 is 3.88. The van der Waals surface area contributed by atoms with Crippen molar-refractivity contribution in [3.05, 3.63) is 34.0 Å². The van der Waals surface area contributed by atoms with E-state index in [0.29, 0.717) is 0 Å². The Morgan fingerprint density at radius 2 is 1.79 bits per heavy atom. The summed E-state index contributed by atoms with van der Waals surface area (Å²) in [6.45, 7) is 4.47. The van der Waals surface area contributed by atoms with Gasteiger partial charge in [0, 0.05) is 0 Å². The monoisotopic (exact) mass is 260 g/mol. The first kappa shape index (κ1) is 10.8. The van der Waals surface area contributed by atoms with Crippen molar-refractivity contribution in [2.45, 2.75) is 13.8 Å². The fourth-order valence-electron chi connectivity index (χ4n) is 1.30. The molecule has 0 aliphatic carbocycles. The van der Waals surface area contributed by atoms with Crippen molar-refractivity contribution >= 4 is 48.4 Å². The van der Waals surface area contributed by atoms with Gasteiger partial charge in [0.2, 0.25) is 0 Å². The first-order chi connectivity index (χ1) is 6.77. The average Bonchev–Trinajstić information content (AvgIpc) is 2.72. The normalized spacial score (nSPS) is 11.9. The first-order valence-corrected chi connectivity index (χ1v) is 10.4. The average molecular weight is 260 g/mol. The quantitative estimate of drug-likeness (QED) is 0.744. The van der Waals surface area contributed by atoms with Gasteiger partial charge in [0.15, 0.2) is 0 Å². The van der Waals surface area contributed by atoms with Crippen LogP contribution in [0.5, 0.6) is 0 Å². The third-order valence-corrected chi connectivity index (χ3v) is 11.6. The standard InChI is InChI=1S/C10H14P2S2/c1-7-3-5-13-9(7)11-12-10-8(2)4-6-14-10/h3-6,11H,1-2,12H3. The van der Waals surface area contributed by atoms with Crippen molar-refractivity contribution < 1.29 is 0 Å². The molecule has 2 rings (SSSR count). The van der Waals surface area contributed by atoms with Crippen molar-refractivity contribution in [1.82, 2.24) is 0 Å². The SMILES string of the molecule is Cc1ccsc1P[PH3]c1sccc1C. The summed E-state index contributed by atoms with van der Waals surface area (Å²) in [6.07, 6.45) is 0. The molecule has 0 nitrogen and oxygen atoms in total. The van der Waals surface area contributed by atoms with E-state index >= 15 is 0 Å². The van der Waals surface area contributed by atoms with E-state index in [1.54, 1.807) is 9.24 Å². The van der Waals surface area contributed by atoms with Crippen LogP contribution in [-0.2, 0) is 0 Å². The molecule has 0 saturated heterocycles. The van der Waals surface area contributed by atoms with Crippen LogP contribution in [0, 0.1) is 13.8 Å². The molecule has 1 unspecified atom stereocenters. The Labute approximate surface area is 96.2 Å². The van der Waals surface area contributed by atoms with Crippen LogP contribution in [0.2, 0.25) is 0 Å². The van der Waals surface area contributed by atoms with Gasteiger partial charge in [-0.05, 0) is 0 Å². The molecule has 0 radical (unpaired) electrons. The van der Waals surface area contributed by atoms with E-state index in [2.05, 4.69) is 36.7 Å². The predicted octanol–water partition coefficient (Wildman–Crippen LogP) is 3.11. The van der Waals surface area contributed by atoms with E-state index in [0.717, 1.165) is 8.27 Å². The van der Waals surface area contributed by atoms with Gasteiger partial charge in [0.05, 0.1) is 0 Å². The van der Waals surface area contributed by atoms with Gasteiger partial charge in [-0.1, -0.05) is 0 Å². The van der Waals surface area contributed by atoms with Gasteiger partial charge in [-0.3, -0.25) is 0 Å². The van der Waals surface area contributed by atoms with Crippen molar-refractivity contribution in [3.63, 3.8) is 0 Å². The molecule has 0 fully saturated rings. The third kappa shape index (κ3) is 2.44. The third-order valence-electron chi connectivity index (χ3n) is 2.24. The molecule has 4 heteroatoms. The number of hydrogen-bond acceptors (Lipinski definition) is 2. The summed E-state index contributed by atoms with van der Waals surface area (Å²) in [4.78, 5) is 0. The molecule has 0 bridgehead atoms. The molecule has 2 heterocycles.